The molecule has 0 fully saturated rings. The molecule has 11 rings (SSSR count). The van der Waals surface area contributed by atoms with E-state index in [0.29, 0.717) is 0 Å². The highest BCUT2D eigenvalue weighted by atomic mass is 16.5. The number of hydrogen-bond donors (Lipinski definition) is 0. The van der Waals surface area contributed by atoms with Gasteiger partial charge in [-0.15, -0.1) is 0 Å². The minimum atomic E-state index is -2.18. The Morgan fingerprint density at radius 3 is 1.87 bits per heavy atom. The van der Waals surface area contributed by atoms with Crippen molar-refractivity contribution in [2.75, 3.05) is 0 Å². The monoisotopic (exact) mass is 734 g/mol. The number of nitrogens with zero attached hydrogens (tertiary/aromatic N) is 2. The quantitative estimate of drug-likeness (QED) is 0.130. The molecule has 0 saturated carbocycles. The summed E-state index contributed by atoms with van der Waals surface area (Å²) in [5.41, 5.74) is -7.29. The normalized spacial score (nSPS) is 23.9. The first-order chi connectivity index (χ1) is 40.6. The average Bonchev–Trinajstić information content (AvgIpc) is 1.46. The molecule has 0 saturated heterocycles. The third-order valence-corrected chi connectivity index (χ3v) is 8.85. The number of hydrogen-bond acceptors (Lipinski definition) is 3. The van der Waals surface area contributed by atoms with E-state index in [0.717, 1.165) is 0 Å². The summed E-state index contributed by atoms with van der Waals surface area (Å²) in [4.78, 5) is 8.46. The van der Waals surface area contributed by atoms with Crippen molar-refractivity contribution in [3.8, 4) is 33.5 Å². The zero-order valence-corrected chi connectivity index (χ0v) is 27.5. The van der Waals surface area contributed by atoms with Crippen LogP contribution in [-0.4, -0.2) is 9.97 Å². The van der Waals surface area contributed by atoms with E-state index in [4.69, 9.17) is 29.4 Å². The third-order valence-electron chi connectivity index (χ3n) is 8.85. The highest BCUT2D eigenvalue weighted by Gasteiger charge is 2.27. The molecule has 3 heteroatoms. The van der Waals surface area contributed by atoms with E-state index < -0.39 is 304 Å². The molecule has 1 aliphatic rings. The Kier molecular flexibility index (Phi) is 3.03. The number of rotatable bonds is 5. The van der Waals surface area contributed by atoms with Gasteiger partial charge < -0.3 is 4.74 Å². The molecule has 3 nitrogen and oxygen atoms in total. The fraction of sp³-hybridized carbons (Fsp3) is 0.0385. The van der Waals surface area contributed by atoms with Gasteiger partial charge in [-0.05, 0) is 78.8 Å². The van der Waals surface area contributed by atoms with Gasteiger partial charge in [0.15, 0.2) is 0 Å². The van der Waals surface area contributed by atoms with E-state index in [1.165, 1.54) is 0 Å². The fourth-order valence-electron chi connectivity index (χ4n) is 6.50. The predicted octanol–water partition coefficient (Wildman–Crippen LogP) is 13.7. The lowest BCUT2D eigenvalue weighted by Crippen LogP contribution is -2.01. The molecular formula is C52H34N2O. The molecule has 258 valence electrons. The van der Waals surface area contributed by atoms with Gasteiger partial charge in [-0.3, -0.25) is 4.98 Å². The number of pyridine rings is 2. The van der Waals surface area contributed by atoms with E-state index in [1.807, 2.05) is 0 Å². The molecule has 2 aromatic heterocycles. The Morgan fingerprint density at radius 2 is 1.11 bits per heavy atom. The van der Waals surface area contributed by atoms with Gasteiger partial charge in [0.1, 0.15) is 11.9 Å². The van der Waals surface area contributed by atoms with Gasteiger partial charge in [-0.2, -0.15) is 0 Å². The topological polar surface area (TPSA) is 35.0 Å². The van der Waals surface area contributed by atoms with Crippen LogP contribution in [0.1, 0.15) is 67.5 Å². The van der Waals surface area contributed by atoms with Gasteiger partial charge in [-0.1, -0.05) is 157 Å². The second-order valence-corrected chi connectivity index (χ2v) is 11.8. The third kappa shape index (κ3) is 5.20. The molecule has 3 heterocycles. The first-order valence-electron chi connectivity index (χ1n) is 32.3. The summed E-state index contributed by atoms with van der Waals surface area (Å²) in [6, 6.07) is -28.7. The summed E-state index contributed by atoms with van der Waals surface area (Å²) in [5.74, 6) is -0.945. The van der Waals surface area contributed by atoms with E-state index in [2.05, 4.69) is 9.97 Å². The fourth-order valence-corrected chi connectivity index (χ4v) is 6.50. The maximum atomic E-state index is 9.80. The van der Waals surface area contributed by atoms with Crippen molar-refractivity contribution in [3.05, 3.63) is 199 Å². The summed E-state index contributed by atoms with van der Waals surface area (Å²) in [5, 5.41) is -5.24. The number of aromatic nitrogens is 2. The van der Waals surface area contributed by atoms with Crippen LogP contribution >= 0.6 is 0 Å². The molecule has 0 radical (unpaired) electrons. The lowest BCUT2D eigenvalue weighted by atomic mass is 9.86. The molecule has 55 heavy (non-hydrogen) atoms. The molecule has 2 atom stereocenters. The zero-order valence-electron chi connectivity index (χ0n) is 59.5. The zero-order chi connectivity index (χ0) is 64.1. The largest absolute Gasteiger partial charge is 0.485 e. The molecule has 1 aliphatic heterocycles. The van der Waals surface area contributed by atoms with Crippen LogP contribution in [0, 0.1) is 0 Å². The van der Waals surface area contributed by atoms with Crippen LogP contribution in [0.4, 0.5) is 0 Å². The van der Waals surface area contributed by atoms with Crippen LogP contribution in [0.15, 0.2) is 187 Å². The molecule has 0 aliphatic carbocycles. The predicted molar refractivity (Wildman–Crippen MR) is 229 cm³/mol. The van der Waals surface area contributed by atoms with Crippen molar-refractivity contribution in [1.82, 2.24) is 9.97 Å². The van der Waals surface area contributed by atoms with Crippen LogP contribution < -0.4 is 0 Å². The number of benzene rings is 8. The minimum Gasteiger partial charge on any atom is -0.485 e. The van der Waals surface area contributed by atoms with Crippen molar-refractivity contribution < 1.29 is 48.6 Å². The second kappa shape index (κ2) is 12.8. The Balaban J connectivity index is 1.22. The van der Waals surface area contributed by atoms with Crippen LogP contribution in [0.3, 0.4) is 0 Å². The molecule has 0 amide bonds. The molecular weight excluding hydrogens is 669 g/mol. The maximum Gasteiger partial charge on any atom is 0.128 e. The minimum absolute atomic E-state index is 0.461. The van der Waals surface area contributed by atoms with Crippen LogP contribution in [0.5, 0.6) is 0 Å². The van der Waals surface area contributed by atoms with Crippen LogP contribution in [0.25, 0.3) is 93.4 Å². The smallest absolute Gasteiger partial charge is 0.128 e. The Morgan fingerprint density at radius 1 is 0.509 bits per heavy atom. The van der Waals surface area contributed by atoms with Crippen molar-refractivity contribution in [1.29, 1.82) is 0 Å². The summed E-state index contributed by atoms with van der Waals surface area (Å²) < 4.78 is 294. The molecule has 0 bridgehead atoms. The second-order valence-electron chi connectivity index (χ2n) is 11.8. The number of ether oxygens (including phenoxy) is 1. The molecule has 0 N–H and O–H groups in total. The average molecular weight is 735 g/mol. The number of fused-ring (bicyclic) bond motifs is 6. The SMILES string of the molecule is [2H]C1=C(c2c([2H])c([2H])c([2H])c(-c3c([2H])c([2H])c(-c4nc5c(c([2H])c4[2H])c([2H])c([2H])c4c([2H])c([2H])c([2H])nc45)c4c([2H])c([2H])c([2H])c([2H])c34)c2[2H])OC(c2c3c([2H])c([2H])c([2H])c([2H])c3c(-c3c([2H])c([2H])c([2H])c([2H])c3[2H])c3c([2H])c([2H])c([2H])c([2H])c23)C1[2H]. The van der Waals surface area contributed by atoms with Gasteiger partial charge in [0, 0.05) is 41.4 Å². The first kappa shape index (κ1) is 13.0. The van der Waals surface area contributed by atoms with Crippen LogP contribution in [-0.2, 0) is 4.74 Å². The van der Waals surface area contributed by atoms with Gasteiger partial charge >= 0.3 is 0 Å². The van der Waals surface area contributed by atoms with Crippen molar-refractivity contribution in [3.63, 3.8) is 0 Å². The summed E-state index contributed by atoms with van der Waals surface area (Å²) in [7, 11) is 0. The molecule has 0 spiro atoms. The van der Waals surface area contributed by atoms with E-state index >= 15 is 0 Å². The first-order valence-corrected chi connectivity index (χ1v) is 16.2. The van der Waals surface area contributed by atoms with Gasteiger partial charge in [-0.25, -0.2) is 4.98 Å². The maximum absolute atomic E-state index is 9.80. The summed E-state index contributed by atoms with van der Waals surface area (Å²) in [6.07, 6.45) is -5.15. The van der Waals surface area contributed by atoms with E-state index in [-0.39, 0.29) is 0 Å². The Bertz CT molecular complexity index is 4900. The van der Waals surface area contributed by atoms with Crippen LogP contribution in [0.2, 0.25) is 0 Å². The molecule has 2 unspecified atom stereocenters. The van der Waals surface area contributed by atoms with Crippen molar-refractivity contribution in [2.24, 2.45) is 0 Å². The molecule has 10 aromatic rings. The molecule has 8 aromatic carbocycles. The van der Waals surface area contributed by atoms with Gasteiger partial charge in [0.2, 0.25) is 0 Å². The highest BCUT2D eigenvalue weighted by Crippen LogP contribution is 2.46. The highest BCUT2D eigenvalue weighted by molar-refractivity contribution is 6.15. The lowest BCUT2D eigenvalue weighted by molar-refractivity contribution is 0.197. The standard InChI is InChI=1S/C52H34N2O/c1-2-12-33(13-3-1)49-42-19-6-8-21-44(42)50(45-22-9-7-20-43(45)49)48-30-29-47(55-48)37-15-10-14-36(32-37)38-26-27-41(40-18-5-4-17-39(38)40)46-28-25-35-24-23-34-16-11-31-53-51(34)52(35)54-46/h1-29,31-32,48H,30H2/i1D,2D,3D,4D,5D,6D,7D,8D,9D,10D,11D,12D,13D,14D,15D,16D,17D,18D,19D,20D,21D,22D,23D,24D,25D,26D,27D,28D,29D,30D,31D,32D. The summed E-state index contributed by atoms with van der Waals surface area (Å²) >= 11 is 0. The van der Waals surface area contributed by atoms with E-state index in [1.54, 1.807) is 0 Å². The van der Waals surface area contributed by atoms with Crippen molar-refractivity contribution >= 4 is 59.9 Å². The van der Waals surface area contributed by atoms with Gasteiger partial charge in [0.05, 0.1) is 59.2 Å². The van der Waals surface area contributed by atoms with Gasteiger partial charge in [0.25, 0.3) is 0 Å². The van der Waals surface area contributed by atoms with E-state index in [9.17, 15) is 19.2 Å². The summed E-state index contributed by atoms with van der Waals surface area (Å²) in [6.45, 7) is 0. The Labute approximate surface area is 363 Å². The van der Waals surface area contributed by atoms with Crippen molar-refractivity contribution in [2.45, 2.75) is 12.5 Å². The Hall–Kier alpha value is -7.10. The lowest BCUT2D eigenvalue weighted by Gasteiger charge is -2.22.